The Morgan fingerprint density at radius 1 is 1.44 bits per heavy atom. The van der Waals surface area contributed by atoms with Crippen LogP contribution in [0.1, 0.15) is 0 Å². The quantitative estimate of drug-likeness (QED) is 0.562. The number of anilines is 1. The van der Waals surface area contributed by atoms with E-state index in [1.807, 2.05) is 5.48 Å². The van der Waals surface area contributed by atoms with Crippen molar-refractivity contribution in [2.45, 2.75) is 0 Å². The second-order valence-corrected chi connectivity index (χ2v) is 1.62. The predicted molar refractivity (Wildman–Crippen MR) is 31.8 cm³/mol. The maximum Gasteiger partial charge on any atom is 0.125 e. The van der Waals surface area contributed by atoms with Crippen molar-refractivity contribution in [2.24, 2.45) is 0 Å². The standard InChI is InChI=1S/C6H6FNO/c7-5-2-1-3-6(4-5)8-9/h1-4,8-9H. The van der Waals surface area contributed by atoms with Crippen LogP contribution >= 0.6 is 0 Å². The van der Waals surface area contributed by atoms with E-state index < -0.39 is 0 Å². The van der Waals surface area contributed by atoms with Crippen molar-refractivity contribution in [1.29, 1.82) is 0 Å². The molecule has 2 nitrogen and oxygen atoms in total. The zero-order chi connectivity index (χ0) is 6.69. The number of halogens is 1. The van der Waals surface area contributed by atoms with Gasteiger partial charge in [0.25, 0.3) is 0 Å². The largest absolute Gasteiger partial charge is 0.291 e. The topological polar surface area (TPSA) is 32.3 Å². The minimum absolute atomic E-state index is 0.356. The molecule has 0 saturated carbocycles. The Kier molecular flexibility index (Phi) is 1.65. The highest BCUT2D eigenvalue weighted by molar-refractivity contribution is 5.40. The molecule has 3 heteroatoms. The molecule has 1 rings (SSSR count). The zero-order valence-electron chi connectivity index (χ0n) is 4.63. The highest BCUT2D eigenvalue weighted by Gasteiger charge is 1.89. The van der Waals surface area contributed by atoms with Crippen LogP contribution in [0.4, 0.5) is 10.1 Å². The van der Waals surface area contributed by atoms with Gasteiger partial charge >= 0.3 is 0 Å². The average Bonchev–Trinajstić information content (AvgIpc) is 1.88. The molecule has 0 aliphatic rings. The first-order valence-electron chi connectivity index (χ1n) is 2.48. The van der Waals surface area contributed by atoms with Crippen LogP contribution in [0.2, 0.25) is 0 Å². The molecule has 1 aromatic carbocycles. The lowest BCUT2D eigenvalue weighted by Gasteiger charge is -1.94. The molecular formula is C6H6FNO. The van der Waals surface area contributed by atoms with Crippen molar-refractivity contribution in [1.82, 2.24) is 0 Å². The summed E-state index contributed by atoms with van der Waals surface area (Å²) in [5.41, 5.74) is 2.18. The van der Waals surface area contributed by atoms with Crippen LogP contribution in [-0.4, -0.2) is 5.21 Å². The summed E-state index contributed by atoms with van der Waals surface area (Å²) in [5, 5.41) is 8.25. The van der Waals surface area contributed by atoms with E-state index in [-0.39, 0.29) is 5.82 Å². The molecule has 48 valence electrons. The smallest absolute Gasteiger partial charge is 0.125 e. The summed E-state index contributed by atoms with van der Waals surface area (Å²) in [6.07, 6.45) is 0. The van der Waals surface area contributed by atoms with Crippen molar-refractivity contribution < 1.29 is 9.60 Å². The van der Waals surface area contributed by atoms with Crippen molar-refractivity contribution >= 4 is 5.69 Å². The minimum atomic E-state index is -0.367. The van der Waals surface area contributed by atoms with E-state index in [1.165, 1.54) is 18.2 Å². The normalized spacial score (nSPS) is 9.11. The molecule has 0 aliphatic heterocycles. The van der Waals surface area contributed by atoms with Gasteiger partial charge in [-0.2, -0.15) is 0 Å². The van der Waals surface area contributed by atoms with Gasteiger partial charge < -0.3 is 0 Å². The van der Waals surface area contributed by atoms with E-state index >= 15 is 0 Å². The Labute approximate surface area is 51.9 Å². The highest BCUT2D eigenvalue weighted by atomic mass is 19.1. The van der Waals surface area contributed by atoms with Gasteiger partial charge in [-0.15, -0.1) is 0 Å². The van der Waals surface area contributed by atoms with Crippen molar-refractivity contribution in [3.05, 3.63) is 30.1 Å². The molecule has 0 fully saturated rings. The van der Waals surface area contributed by atoms with E-state index in [0.29, 0.717) is 5.69 Å². The molecule has 2 N–H and O–H groups in total. The van der Waals surface area contributed by atoms with Crippen LogP contribution in [0, 0.1) is 5.82 Å². The lowest BCUT2D eigenvalue weighted by molar-refractivity contribution is 0.388. The zero-order valence-corrected chi connectivity index (χ0v) is 4.63. The molecular weight excluding hydrogens is 121 g/mol. The molecule has 0 spiro atoms. The molecule has 0 heterocycles. The number of benzene rings is 1. The van der Waals surface area contributed by atoms with Crippen LogP contribution in [-0.2, 0) is 0 Å². The van der Waals surface area contributed by atoms with Crippen LogP contribution in [0.25, 0.3) is 0 Å². The third-order valence-electron chi connectivity index (χ3n) is 0.954. The monoisotopic (exact) mass is 127 g/mol. The Morgan fingerprint density at radius 2 is 2.22 bits per heavy atom. The summed E-state index contributed by atoms with van der Waals surface area (Å²) in [6.45, 7) is 0. The molecule has 0 aromatic heterocycles. The Bertz CT molecular complexity index is 202. The van der Waals surface area contributed by atoms with Crippen molar-refractivity contribution in [2.75, 3.05) is 5.48 Å². The van der Waals surface area contributed by atoms with Gasteiger partial charge in [-0.3, -0.25) is 10.7 Å². The number of hydrogen-bond acceptors (Lipinski definition) is 2. The molecule has 0 saturated heterocycles. The number of nitrogens with one attached hydrogen (secondary N) is 1. The molecule has 0 aliphatic carbocycles. The minimum Gasteiger partial charge on any atom is -0.291 e. The van der Waals surface area contributed by atoms with E-state index in [9.17, 15) is 4.39 Å². The molecule has 0 atom stereocenters. The van der Waals surface area contributed by atoms with Gasteiger partial charge in [0.2, 0.25) is 0 Å². The summed E-state index contributed by atoms with van der Waals surface area (Å²) in [5.74, 6) is -0.367. The first kappa shape index (κ1) is 6.04. The first-order chi connectivity index (χ1) is 4.33. The number of hydrogen-bond donors (Lipinski definition) is 2. The van der Waals surface area contributed by atoms with Gasteiger partial charge in [-0.1, -0.05) is 6.07 Å². The lowest BCUT2D eigenvalue weighted by atomic mass is 10.3. The summed E-state index contributed by atoms with van der Waals surface area (Å²) in [7, 11) is 0. The number of rotatable bonds is 1. The molecule has 0 bridgehead atoms. The van der Waals surface area contributed by atoms with Crippen LogP contribution < -0.4 is 5.48 Å². The van der Waals surface area contributed by atoms with E-state index in [0.717, 1.165) is 0 Å². The fraction of sp³-hybridized carbons (Fsp3) is 0. The molecule has 1 aromatic rings. The SMILES string of the molecule is ONc1cccc(F)c1. The fourth-order valence-electron chi connectivity index (χ4n) is 0.558. The average molecular weight is 127 g/mol. The Hall–Kier alpha value is -1.09. The Balaban J connectivity index is 2.94. The summed E-state index contributed by atoms with van der Waals surface area (Å²) < 4.78 is 12.2. The van der Waals surface area contributed by atoms with Gasteiger partial charge in [0.05, 0.1) is 5.69 Å². The highest BCUT2D eigenvalue weighted by Crippen LogP contribution is 2.06. The van der Waals surface area contributed by atoms with Crippen molar-refractivity contribution in [3.63, 3.8) is 0 Å². The second kappa shape index (κ2) is 2.46. The van der Waals surface area contributed by atoms with Gasteiger partial charge in [0.1, 0.15) is 5.82 Å². The molecule has 0 radical (unpaired) electrons. The maximum atomic E-state index is 12.2. The first-order valence-corrected chi connectivity index (χ1v) is 2.48. The summed E-state index contributed by atoms with van der Waals surface area (Å²) >= 11 is 0. The van der Waals surface area contributed by atoms with Gasteiger partial charge in [-0.25, -0.2) is 4.39 Å². The lowest BCUT2D eigenvalue weighted by Crippen LogP contribution is -1.88. The fourth-order valence-corrected chi connectivity index (χ4v) is 0.558. The van der Waals surface area contributed by atoms with Gasteiger partial charge in [0, 0.05) is 0 Å². The maximum absolute atomic E-state index is 12.2. The van der Waals surface area contributed by atoms with E-state index in [1.54, 1.807) is 6.07 Å². The third-order valence-corrected chi connectivity index (χ3v) is 0.954. The molecule has 9 heavy (non-hydrogen) atoms. The van der Waals surface area contributed by atoms with Crippen LogP contribution in [0.3, 0.4) is 0 Å². The van der Waals surface area contributed by atoms with Crippen LogP contribution in [0.5, 0.6) is 0 Å². The van der Waals surface area contributed by atoms with Crippen molar-refractivity contribution in [3.8, 4) is 0 Å². The Morgan fingerprint density at radius 3 is 2.67 bits per heavy atom. The van der Waals surface area contributed by atoms with E-state index in [2.05, 4.69) is 0 Å². The summed E-state index contributed by atoms with van der Waals surface area (Å²) in [6, 6.07) is 5.57. The van der Waals surface area contributed by atoms with E-state index in [4.69, 9.17) is 5.21 Å². The second-order valence-electron chi connectivity index (χ2n) is 1.62. The summed E-state index contributed by atoms with van der Waals surface area (Å²) in [4.78, 5) is 0. The van der Waals surface area contributed by atoms with Gasteiger partial charge in [0.15, 0.2) is 0 Å². The molecule has 0 amide bonds. The predicted octanol–water partition coefficient (Wildman–Crippen LogP) is 1.63. The third kappa shape index (κ3) is 1.40. The van der Waals surface area contributed by atoms with Crippen LogP contribution in [0.15, 0.2) is 24.3 Å². The molecule has 0 unspecified atom stereocenters. The van der Waals surface area contributed by atoms with Gasteiger partial charge in [-0.05, 0) is 18.2 Å².